The molecule has 0 saturated heterocycles. The lowest BCUT2D eigenvalue weighted by Gasteiger charge is -2.12. The van der Waals surface area contributed by atoms with Crippen molar-refractivity contribution < 1.29 is 14.3 Å². The summed E-state index contributed by atoms with van der Waals surface area (Å²) in [5.41, 5.74) is 5.37. The summed E-state index contributed by atoms with van der Waals surface area (Å²) in [5.74, 6) is -0.799. The van der Waals surface area contributed by atoms with Gasteiger partial charge in [-0.15, -0.1) is 0 Å². The fourth-order valence-corrected chi connectivity index (χ4v) is 3.26. The Morgan fingerprint density at radius 3 is 2.50 bits per heavy atom. The number of nitrogens with zero attached hydrogens (tertiary/aromatic N) is 2. The van der Waals surface area contributed by atoms with Crippen LogP contribution >= 0.6 is 0 Å². The summed E-state index contributed by atoms with van der Waals surface area (Å²) < 4.78 is 7.22. The quantitative estimate of drug-likeness (QED) is 0.417. The van der Waals surface area contributed by atoms with Gasteiger partial charge in [-0.3, -0.25) is 4.79 Å². The molecule has 0 aliphatic carbocycles. The third-order valence-corrected chi connectivity index (χ3v) is 4.79. The molecule has 1 amide bonds. The summed E-state index contributed by atoms with van der Waals surface area (Å²) in [6, 6.07) is 9.47. The SMILES string of the molecule is Cc1ccc(NC(=O)COC(=O)/C(C#N)=C/c2cc(C)n(CC(C)C)c2C)c(C)c1. The number of nitrogens with one attached hydrogen (secondary N) is 1. The largest absolute Gasteiger partial charge is 0.451 e. The molecule has 1 aromatic heterocycles. The van der Waals surface area contributed by atoms with Crippen LogP contribution in [-0.2, 0) is 20.9 Å². The van der Waals surface area contributed by atoms with E-state index >= 15 is 0 Å². The lowest BCUT2D eigenvalue weighted by Crippen LogP contribution is -2.21. The highest BCUT2D eigenvalue weighted by atomic mass is 16.5. The molecular formula is C24H29N3O3. The maximum atomic E-state index is 12.3. The van der Waals surface area contributed by atoms with E-state index < -0.39 is 18.5 Å². The van der Waals surface area contributed by atoms with E-state index in [1.807, 2.05) is 52.0 Å². The zero-order valence-electron chi connectivity index (χ0n) is 18.5. The van der Waals surface area contributed by atoms with Crippen molar-refractivity contribution in [1.29, 1.82) is 5.26 Å². The number of ether oxygens (including phenoxy) is 1. The smallest absolute Gasteiger partial charge is 0.349 e. The van der Waals surface area contributed by atoms with Crippen LogP contribution < -0.4 is 5.32 Å². The molecule has 30 heavy (non-hydrogen) atoms. The van der Waals surface area contributed by atoms with Gasteiger partial charge < -0.3 is 14.6 Å². The van der Waals surface area contributed by atoms with E-state index in [1.54, 1.807) is 6.07 Å². The van der Waals surface area contributed by atoms with Crippen LogP contribution in [0.5, 0.6) is 0 Å². The molecule has 0 saturated carbocycles. The van der Waals surface area contributed by atoms with Crippen molar-refractivity contribution in [1.82, 2.24) is 4.57 Å². The van der Waals surface area contributed by atoms with E-state index in [1.165, 1.54) is 6.08 Å². The summed E-state index contributed by atoms with van der Waals surface area (Å²) in [6.07, 6.45) is 1.52. The number of hydrogen-bond donors (Lipinski definition) is 1. The Morgan fingerprint density at radius 2 is 1.90 bits per heavy atom. The van der Waals surface area contributed by atoms with Crippen LogP contribution in [0.2, 0.25) is 0 Å². The standard InChI is InChI=1S/C24H29N3O3/c1-15(2)13-27-18(5)10-20(19(27)6)11-21(12-25)24(29)30-14-23(28)26-22-8-7-16(3)9-17(22)4/h7-11,15H,13-14H2,1-6H3,(H,26,28)/b21-11+. The molecule has 0 aliphatic heterocycles. The molecule has 0 bridgehead atoms. The van der Waals surface area contributed by atoms with Gasteiger partial charge >= 0.3 is 5.97 Å². The molecule has 158 valence electrons. The minimum atomic E-state index is -0.818. The number of anilines is 1. The zero-order chi connectivity index (χ0) is 22.4. The van der Waals surface area contributed by atoms with Gasteiger partial charge in [-0.1, -0.05) is 31.5 Å². The van der Waals surface area contributed by atoms with E-state index in [0.717, 1.165) is 34.6 Å². The number of hydrogen-bond acceptors (Lipinski definition) is 4. The summed E-state index contributed by atoms with van der Waals surface area (Å²) in [6.45, 7) is 12.5. The summed E-state index contributed by atoms with van der Waals surface area (Å²) in [5, 5.41) is 12.1. The normalized spacial score (nSPS) is 11.3. The van der Waals surface area contributed by atoms with Crippen LogP contribution in [0.15, 0.2) is 29.8 Å². The number of aryl methyl sites for hydroxylation is 3. The molecule has 1 aromatic carbocycles. The molecule has 0 radical (unpaired) electrons. The number of rotatable bonds is 7. The third kappa shape index (κ3) is 5.84. The number of amides is 1. The molecule has 0 aliphatic rings. The lowest BCUT2D eigenvalue weighted by atomic mass is 10.1. The van der Waals surface area contributed by atoms with Crippen LogP contribution in [-0.4, -0.2) is 23.1 Å². The van der Waals surface area contributed by atoms with E-state index in [4.69, 9.17) is 4.74 Å². The Labute approximate surface area is 178 Å². The van der Waals surface area contributed by atoms with Gasteiger partial charge in [-0.05, 0) is 62.9 Å². The van der Waals surface area contributed by atoms with Crippen molar-refractivity contribution in [2.75, 3.05) is 11.9 Å². The van der Waals surface area contributed by atoms with E-state index in [9.17, 15) is 14.9 Å². The number of carbonyl (C=O) groups excluding carboxylic acids is 2. The number of nitriles is 1. The van der Waals surface area contributed by atoms with Crippen LogP contribution in [0.3, 0.4) is 0 Å². The maximum Gasteiger partial charge on any atom is 0.349 e. The molecule has 0 fully saturated rings. The first-order chi connectivity index (χ1) is 14.1. The van der Waals surface area contributed by atoms with Crippen molar-refractivity contribution in [3.63, 3.8) is 0 Å². The topological polar surface area (TPSA) is 84.1 Å². The van der Waals surface area contributed by atoms with Crippen molar-refractivity contribution in [3.05, 3.63) is 57.9 Å². The fraction of sp³-hybridized carbons (Fsp3) is 0.375. The Hall–Kier alpha value is -3.33. The van der Waals surface area contributed by atoms with Crippen molar-refractivity contribution in [2.24, 2.45) is 5.92 Å². The third-order valence-electron chi connectivity index (χ3n) is 4.79. The highest BCUT2D eigenvalue weighted by Crippen LogP contribution is 2.20. The van der Waals surface area contributed by atoms with Gasteiger partial charge in [-0.25, -0.2) is 4.79 Å². The predicted molar refractivity (Wildman–Crippen MR) is 118 cm³/mol. The fourth-order valence-electron chi connectivity index (χ4n) is 3.26. The zero-order valence-corrected chi connectivity index (χ0v) is 18.5. The minimum absolute atomic E-state index is 0.140. The van der Waals surface area contributed by atoms with Crippen molar-refractivity contribution >= 4 is 23.6 Å². The second-order valence-corrected chi connectivity index (χ2v) is 7.94. The molecule has 0 spiro atoms. The highest BCUT2D eigenvalue weighted by molar-refractivity contribution is 6.00. The van der Waals surface area contributed by atoms with Crippen LogP contribution in [0.4, 0.5) is 5.69 Å². The van der Waals surface area contributed by atoms with Gasteiger partial charge in [-0.2, -0.15) is 5.26 Å². The Kier molecular flexibility index (Phi) is 7.60. The molecule has 6 nitrogen and oxygen atoms in total. The van der Waals surface area contributed by atoms with Gasteiger partial charge in [0.25, 0.3) is 5.91 Å². The average molecular weight is 408 g/mol. The number of esters is 1. The number of carbonyl (C=O) groups is 2. The lowest BCUT2D eigenvalue weighted by molar-refractivity contribution is -0.142. The molecule has 0 atom stereocenters. The Morgan fingerprint density at radius 1 is 1.20 bits per heavy atom. The summed E-state index contributed by atoms with van der Waals surface area (Å²) >= 11 is 0. The molecule has 0 unspecified atom stereocenters. The second kappa shape index (κ2) is 9.93. The molecule has 1 N–H and O–H groups in total. The average Bonchev–Trinajstić information content (AvgIpc) is 2.93. The minimum Gasteiger partial charge on any atom is -0.451 e. The van der Waals surface area contributed by atoms with Crippen LogP contribution in [0, 0.1) is 44.9 Å². The molecule has 2 rings (SSSR count). The molecule has 1 heterocycles. The van der Waals surface area contributed by atoms with Gasteiger partial charge in [0.2, 0.25) is 0 Å². The first-order valence-corrected chi connectivity index (χ1v) is 9.95. The van der Waals surface area contributed by atoms with Gasteiger partial charge in [0.1, 0.15) is 11.6 Å². The second-order valence-electron chi connectivity index (χ2n) is 7.94. The van der Waals surface area contributed by atoms with Crippen molar-refractivity contribution in [2.45, 2.75) is 48.1 Å². The van der Waals surface area contributed by atoms with Gasteiger partial charge in [0.05, 0.1) is 0 Å². The van der Waals surface area contributed by atoms with Crippen molar-refractivity contribution in [3.8, 4) is 6.07 Å². The van der Waals surface area contributed by atoms with Gasteiger partial charge in [0, 0.05) is 23.6 Å². The highest BCUT2D eigenvalue weighted by Gasteiger charge is 2.16. The predicted octanol–water partition coefficient (Wildman–Crippen LogP) is 4.47. The van der Waals surface area contributed by atoms with E-state index in [0.29, 0.717) is 11.6 Å². The first kappa shape index (κ1) is 23.0. The monoisotopic (exact) mass is 407 g/mol. The molecular weight excluding hydrogens is 378 g/mol. The van der Waals surface area contributed by atoms with E-state index in [-0.39, 0.29) is 5.57 Å². The van der Waals surface area contributed by atoms with Crippen LogP contribution in [0.1, 0.15) is 41.9 Å². The van der Waals surface area contributed by atoms with Gasteiger partial charge in [0.15, 0.2) is 6.61 Å². The Bertz CT molecular complexity index is 1020. The first-order valence-electron chi connectivity index (χ1n) is 9.95. The number of aromatic nitrogens is 1. The molecule has 6 heteroatoms. The van der Waals surface area contributed by atoms with Crippen LogP contribution in [0.25, 0.3) is 6.08 Å². The summed E-state index contributed by atoms with van der Waals surface area (Å²) in [7, 11) is 0. The summed E-state index contributed by atoms with van der Waals surface area (Å²) in [4.78, 5) is 24.5. The van der Waals surface area contributed by atoms with E-state index in [2.05, 4.69) is 23.7 Å². The number of benzene rings is 1. The Balaban J connectivity index is 2.06. The maximum absolute atomic E-state index is 12.3. The molecule has 2 aromatic rings.